The SMILES string of the molecule is C1=C[C@H]2C[C@@H]1[C@@H](c1ccccc1)S2. The van der Waals surface area contributed by atoms with Crippen LogP contribution in [-0.4, -0.2) is 5.25 Å². The van der Waals surface area contributed by atoms with Gasteiger partial charge in [-0.15, -0.1) is 11.8 Å². The van der Waals surface area contributed by atoms with Crippen molar-refractivity contribution >= 4 is 11.8 Å². The van der Waals surface area contributed by atoms with Gasteiger partial charge in [-0.1, -0.05) is 42.5 Å². The van der Waals surface area contributed by atoms with Gasteiger partial charge in [-0.2, -0.15) is 0 Å². The molecule has 1 heteroatoms. The lowest BCUT2D eigenvalue weighted by Crippen LogP contribution is -2.00. The Morgan fingerprint density at radius 3 is 2.54 bits per heavy atom. The van der Waals surface area contributed by atoms with Crippen molar-refractivity contribution in [2.45, 2.75) is 16.9 Å². The van der Waals surface area contributed by atoms with Crippen LogP contribution in [0, 0.1) is 5.92 Å². The topological polar surface area (TPSA) is 0 Å². The summed E-state index contributed by atoms with van der Waals surface area (Å²) in [6.45, 7) is 0. The van der Waals surface area contributed by atoms with E-state index >= 15 is 0 Å². The van der Waals surface area contributed by atoms with Crippen LogP contribution in [0.5, 0.6) is 0 Å². The zero-order chi connectivity index (χ0) is 8.67. The molecular formula is C12H12S. The fourth-order valence-electron chi connectivity index (χ4n) is 2.28. The predicted molar refractivity (Wildman–Crippen MR) is 57.8 cm³/mol. The van der Waals surface area contributed by atoms with Gasteiger partial charge in [-0.3, -0.25) is 0 Å². The first-order valence-corrected chi connectivity index (χ1v) is 5.76. The van der Waals surface area contributed by atoms with Gasteiger partial charge in [0.05, 0.1) is 0 Å². The highest BCUT2D eigenvalue weighted by Crippen LogP contribution is 2.53. The van der Waals surface area contributed by atoms with E-state index in [1.54, 1.807) is 0 Å². The van der Waals surface area contributed by atoms with E-state index in [1.165, 1.54) is 12.0 Å². The average molecular weight is 188 g/mol. The summed E-state index contributed by atoms with van der Waals surface area (Å²) in [5.41, 5.74) is 1.50. The highest BCUT2D eigenvalue weighted by molar-refractivity contribution is 8.00. The number of hydrogen-bond acceptors (Lipinski definition) is 1. The van der Waals surface area contributed by atoms with Crippen LogP contribution in [0.1, 0.15) is 17.2 Å². The predicted octanol–water partition coefficient (Wildman–Crippen LogP) is 3.42. The summed E-state index contributed by atoms with van der Waals surface area (Å²) in [5, 5.41) is 1.53. The molecule has 0 radical (unpaired) electrons. The van der Waals surface area contributed by atoms with Crippen LogP contribution >= 0.6 is 11.8 Å². The molecule has 0 unspecified atom stereocenters. The Kier molecular flexibility index (Phi) is 1.72. The molecule has 0 N–H and O–H groups in total. The Balaban J connectivity index is 1.92. The van der Waals surface area contributed by atoms with Gasteiger partial charge in [0.25, 0.3) is 0 Å². The van der Waals surface area contributed by atoms with Crippen LogP contribution in [0.2, 0.25) is 0 Å². The molecule has 0 amide bonds. The number of rotatable bonds is 1. The molecule has 1 aromatic rings. The maximum absolute atomic E-state index is 2.40. The number of thioether (sulfide) groups is 1. The van der Waals surface area contributed by atoms with E-state index in [1.807, 2.05) is 0 Å². The van der Waals surface area contributed by atoms with E-state index in [2.05, 4.69) is 54.2 Å². The minimum Gasteiger partial charge on any atom is -0.146 e. The van der Waals surface area contributed by atoms with Crippen molar-refractivity contribution in [1.29, 1.82) is 0 Å². The summed E-state index contributed by atoms with van der Waals surface area (Å²) < 4.78 is 0. The van der Waals surface area contributed by atoms with Gasteiger partial charge in [-0.05, 0) is 17.9 Å². The molecule has 0 spiro atoms. The van der Waals surface area contributed by atoms with E-state index < -0.39 is 0 Å². The maximum Gasteiger partial charge on any atom is 0.0366 e. The number of hydrogen-bond donors (Lipinski definition) is 0. The largest absolute Gasteiger partial charge is 0.146 e. The van der Waals surface area contributed by atoms with E-state index in [0.717, 1.165) is 16.4 Å². The van der Waals surface area contributed by atoms with Gasteiger partial charge in [-0.25, -0.2) is 0 Å². The molecule has 1 fully saturated rings. The van der Waals surface area contributed by atoms with E-state index in [4.69, 9.17) is 0 Å². The van der Waals surface area contributed by atoms with Gasteiger partial charge in [0.1, 0.15) is 0 Å². The fraction of sp³-hybridized carbons (Fsp3) is 0.333. The first-order chi connectivity index (χ1) is 6.43. The monoisotopic (exact) mass is 188 g/mol. The highest BCUT2D eigenvalue weighted by Gasteiger charge is 2.36. The van der Waals surface area contributed by atoms with Crippen molar-refractivity contribution < 1.29 is 0 Å². The van der Waals surface area contributed by atoms with Crippen LogP contribution in [0.4, 0.5) is 0 Å². The molecule has 0 aromatic heterocycles. The molecular weight excluding hydrogens is 176 g/mol. The third kappa shape index (κ3) is 1.22. The molecule has 1 heterocycles. The molecule has 3 rings (SSSR count). The standard InChI is InChI=1S/C12H12S/c1-2-4-9(5-3-1)12-10-6-7-11(8-10)13-12/h1-7,10-12H,8H2/t10-,11+,12-/m1/s1. The molecule has 13 heavy (non-hydrogen) atoms. The molecule has 0 nitrogen and oxygen atoms in total. The number of fused-ring (bicyclic) bond motifs is 2. The first-order valence-electron chi connectivity index (χ1n) is 4.82. The van der Waals surface area contributed by atoms with E-state index in [0.29, 0.717) is 0 Å². The second-order valence-corrected chi connectivity index (χ2v) is 5.18. The van der Waals surface area contributed by atoms with Crippen LogP contribution in [-0.2, 0) is 0 Å². The fourth-order valence-corrected chi connectivity index (χ4v) is 3.88. The van der Waals surface area contributed by atoms with E-state index in [-0.39, 0.29) is 0 Å². The zero-order valence-corrected chi connectivity index (χ0v) is 8.21. The van der Waals surface area contributed by atoms with Crippen molar-refractivity contribution in [2.75, 3.05) is 0 Å². The van der Waals surface area contributed by atoms with Crippen LogP contribution in [0.15, 0.2) is 42.5 Å². The van der Waals surface area contributed by atoms with Crippen molar-refractivity contribution in [1.82, 2.24) is 0 Å². The molecule has 66 valence electrons. The molecule has 1 saturated heterocycles. The summed E-state index contributed by atoms with van der Waals surface area (Å²) in [6.07, 6.45) is 6.14. The van der Waals surface area contributed by atoms with Crippen LogP contribution < -0.4 is 0 Å². The molecule has 2 bridgehead atoms. The van der Waals surface area contributed by atoms with Crippen LogP contribution in [0.25, 0.3) is 0 Å². The summed E-state index contributed by atoms with van der Waals surface area (Å²) in [7, 11) is 0. The summed E-state index contributed by atoms with van der Waals surface area (Å²) >= 11 is 2.13. The lowest BCUT2D eigenvalue weighted by atomic mass is 9.99. The number of allylic oxidation sites excluding steroid dienone is 1. The summed E-state index contributed by atoms with van der Waals surface area (Å²) in [4.78, 5) is 0. The molecule has 1 aromatic carbocycles. The van der Waals surface area contributed by atoms with Gasteiger partial charge < -0.3 is 0 Å². The van der Waals surface area contributed by atoms with Crippen molar-refractivity contribution in [3.63, 3.8) is 0 Å². The average Bonchev–Trinajstić information content (AvgIpc) is 2.80. The molecule has 0 saturated carbocycles. The third-order valence-electron chi connectivity index (χ3n) is 2.92. The zero-order valence-electron chi connectivity index (χ0n) is 7.39. The Bertz CT molecular complexity index is 328. The number of benzene rings is 1. The van der Waals surface area contributed by atoms with Crippen molar-refractivity contribution in [3.05, 3.63) is 48.0 Å². The van der Waals surface area contributed by atoms with Gasteiger partial charge >= 0.3 is 0 Å². The molecule has 3 atom stereocenters. The second kappa shape index (κ2) is 2.91. The molecule has 1 aliphatic heterocycles. The minimum atomic E-state index is 0.733. The second-order valence-electron chi connectivity index (χ2n) is 3.79. The molecule has 1 aliphatic carbocycles. The lowest BCUT2D eigenvalue weighted by Gasteiger charge is -2.17. The third-order valence-corrected chi connectivity index (χ3v) is 4.53. The van der Waals surface area contributed by atoms with E-state index in [9.17, 15) is 0 Å². The van der Waals surface area contributed by atoms with Crippen molar-refractivity contribution in [2.24, 2.45) is 5.92 Å². The highest BCUT2D eigenvalue weighted by atomic mass is 32.2. The van der Waals surface area contributed by atoms with Gasteiger partial charge in [0.2, 0.25) is 0 Å². The lowest BCUT2D eigenvalue weighted by molar-refractivity contribution is 0.658. The minimum absolute atomic E-state index is 0.733. The van der Waals surface area contributed by atoms with Gasteiger partial charge in [0.15, 0.2) is 0 Å². The van der Waals surface area contributed by atoms with Gasteiger partial charge in [0, 0.05) is 10.5 Å². The Morgan fingerprint density at radius 2 is 1.92 bits per heavy atom. The Morgan fingerprint density at radius 1 is 1.08 bits per heavy atom. The smallest absolute Gasteiger partial charge is 0.0366 e. The summed E-state index contributed by atoms with van der Waals surface area (Å²) in [6, 6.07) is 10.9. The molecule has 2 aliphatic rings. The van der Waals surface area contributed by atoms with Crippen molar-refractivity contribution in [3.8, 4) is 0 Å². The Labute approximate surface area is 83.0 Å². The quantitative estimate of drug-likeness (QED) is 0.608. The maximum atomic E-state index is 2.40. The van der Waals surface area contributed by atoms with Crippen LogP contribution in [0.3, 0.4) is 0 Å². The first kappa shape index (κ1) is 7.69. The Hall–Kier alpha value is -0.690. The summed E-state index contributed by atoms with van der Waals surface area (Å²) in [5.74, 6) is 0.803. The normalized spacial score (nSPS) is 35.5.